The van der Waals surface area contributed by atoms with Crippen molar-refractivity contribution in [1.82, 2.24) is 14.8 Å². The summed E-state index contributed by atoms with van der Waals surface area (Å²) in [4.78, 5) is 18.7. The predicted molar refractivity (Wildman–Crippen MR) is 132 cm³/mol. The van der Waals surface area contributed by atoms with Crippen LogP contribution in [0.2, 0.25) is 0 Å². The highest BCUT2D eigenvalue weighted by molar-refractivity contribution is 5.99. The van der Waals surface area contributed by atoms with E-state index in [9.17, 15) is 23.1 Å². The first-order valence-electron chi connectivity index (χ1n) is 11.7. The van der Waals surface area contributed by atoms with Crippen molar-refractivity contribution in [2.45, 2.75) is 46.0 Å². The highest BCUT2D eigenvalue weighted by Crippen LogP contribution is 2.30. The van der Waals surface area contributed by atoms with Crippen LogP contribution in [0.25, 0.3) is 10.9 Å². The number of aromatic nitrogens is 3. The fourth-order valence-electron chi connectivity index (χ4n) is 4.27. The summed E-state index contributed by atoms with van der Waals surface area (Å²) >= 11 is 0. The van der Waals surface area contributed by atoms with Crippen molar-refractivity contribution in [2.75, 3.05) is 11.4 Å². The molecule has 0 bridgehead atoms. The Kier molecular flexibility index (Phi) is 7.12. The minimum Gasteiger partial charge on any atom is -0.378 e. The number of aliphatic hydroxyl groups is 1. The molecular formula is C27H27F3N4O2. The fraction of sp³-hybridized carbons (Fsp3) is 0.296. The molecule has 4 rings (SSSR count). The van der Waals surface area contributed by atoms with Gasteiger partial charge in [0.05, 0.1) is 11.2 Å². The minimum absolute atomic E-state index is 0.142. The number of nitrogens with zero attached hydrogens (tertiary/aromatic N) is 4. The average Bonchev–Trinajstić information content (AvgIpc) is 3.19. The molecule has 1 atom stereocenters. The molecule has 4 aromatic rings. The molecule has 2 heterocycles. The second-order valence-electron chi connectivity index (χ2n) is 8.59. The van der Waals surface area contributed by atoms with Gasteiger partial charge in [0, 0.05) is 29.9 Å². The van der Waals surface area contributed by atoms with E-state index in [0.717, 1.165) is 22.7 Å². The summed E-state index contributed by atoms with van der Waals surface area (Å²) in [6.07, 6.45) is -5.66. The van der Waals surface area contributed by atoms with Crippen LogP contribution >= 0.6 is 0 Å². The number of hydrogen-bond donors (Lipinski definition) is 1. The Labute approximate surface area is 207 Å². The molecule has 0 aliphatic carbocycles. The molecule has 6 nitrogen and oxygen atoms in total. The van der Waals surface area contributed by atoms with Crippen LogP contribution in [0.4, 0.5) is 18.9 Å². The molecule has 36 heavy (non-hydrogen) atoms. The lowest BCUT2D eigenvalue weighted by Crippen LogP contribution is -2.37. The van der Waals surface area contributed by atoms with E-state index in [2.05, 4.69) is 10.1 Å². The van der Waals surface area contributed by atoms with Gasteiger partial charge in [0.2, 0.25) is 0 Å². The Morgan fingerprint density at radius 3 is 2.42 bits per heavy atom. The van der Waals surface area contributed by atoms with Crippen molar-refractivity contribution in [2.24, 2.45) is 0 Å². The molecule has 0 spiro atoms. The maximum atomic E-state index is 13.5. The lowest BCUT2D eigenvalue weighted by Gasteiger charge is -2.26. The van der Waals surface area contributed by atoms with Gasteiger partial charge in [-0.05, 0) is 62.6 Å². The van der Waals surface area contributed by atoms with Crippen LogP contribution in [0.5, 0.6) is 0 Å². The molecule has 0 radical (unpaired) electrons. The smallest absolute Gasteiger partial charge is 0.378 e. The molecule has 0 aliphatic heterocycles. The zero-order valence-electron chi connectivity index (χ0n) is 20.3. The van der Waals surface area contributed by atoms with Gasteiger partial charge in [0.1, 0.15) is 5.69 Å². The van der Waals surface area contributed by atoms with E-state index in [1.54, 1.807) is 36.4 Å². The number of fused-ring (bicyclic) bond motifs is 1. The van der Waals surface area contributed by atoms with E-state index >= 15 is 0 Å². The van der Waals surface area contributed by atoms with Crippen LogP contribution in [0.15, 0.2) is 60.7 Å². The molecule has 1 N–H and O–H groups in total. The van der Waals surface area contributed by atoms with Gasteiger partial charge in [0.25, 0.3) is 5.91 Å². The van der Waals surface area contributed by atoms with Crippen molar-refractivity contribution >= 4 is 22.5 Å². The Morgan fingerprint density at radius 2 is 1.78 bits per heavy atom. The maximum absolute atomic E-state index is 13.5. The van der Waals surface area contributed by atoms with Gasteiger partial charge >= 0.3 is 6.18 Å². The summed E-state index contributed by atoms with van der Waals surface area (Å²) in [6.45, 7) is 6.24. The predicted octanol–water partition coefficient (Wildman–Crippen LogP) is 5.40. The molecular weight excluding hydrogens is 469 g/mol. The molecule has 1 amide bonds. The number of aliphatic hydroxyl groups excluding tert-OH is 1. The van der Waals surface area contributed by atoms with Gasteiger partial charge in [0.15, 0.2) is 6.10 Å². The van der Waals surface area contributed by atoms with E-state index < -0.39 is 23.9 Å². The third kappa shape index (κ3) is 5.11. The van der Waals surface area contributed by atoms with Crippen LogP contribution in [0, 0.1) is 13.8 Å². The Balaban J connectivity index is 1.69. The molecule has 0 saturated carbocycles. The van der Waals surface area contributed by atoms with E-state index in [-0.39, 0.29) is 18.7 Å². The van der Waals surface area contributed by atoms with E-state index in [4.69, 9.17) is 0 Å². The van der Waals surface area contributed by atoms with Gasteiger partial charge < -0.3 is 10.0 Å². The monoisotopic (exact) mass is 496 g/mol. The number of carbonyl (C=O) groups is 1. The second-order valence-corrected chi connectivity index (χ2v) is 8.59. The number of pyridine rings is 1. The normalized spacial score (nSPS) is 12.6. The van der Waals surface area contributed by atoms with Crippen molar-refractivity contribution in [3.8, 4) is 0 Å². The highest BCUT2D eigenvalue weighted by Gasteiger charge is 2.33. The number of amides is 1. The Morgan fingerprint density at radius 1 is 1.06 bits per heavy atom. The molecule has 0 aliphatic rings. The van der Waals surface area contributed by atoms with Gasteiger partial charge in [-0.2, -0.15) is 18.3 Å². The number of aryl methyl sites for hydroxylation is 3. The van der Waals surface area contributed by atoms with Crippen molar-refractivity contribution in [1.29, 1.82) is 0 Å². The summed E-state index contributed by atoms with van der Waals surface area (Å²) in [5, 5.41) is 16.3. The first-order valence-corrected chi connectivity index (χ1v) is 11.7. The third-order valence-corrected chi connectivity index (χ3v) is 6.24. The Bertz CT molecular complexity index is 1380. The lowest BCUT2D eigenvalue weighted by molar-refractivity contribution is -0.141. The van der Waals surface area contributed by atoms with E-state index in [1.807, 2.05) is 30.7 Å². The van der Waals surface area contributed by atoms with Gasteiger partial charge in [-0.25, -0.2) is 4.98 Å². The molecule has 188 valence electrons. The van der Waals surface area contributed by atoms with E-state index in [1.165, 1.54) is 17.9 Å². The lowest BCUT2D eigenvalue weighted by atomic mass is 10.1. The Hall–Kier alpha value is -3.72. The first-order chi connectivity index (χ1) is 17.1. The summed E-state index contributed by atoms with van der Waals surface area (Å²) in [5.74, 6) is -0.529. The number of halogens is 3. The van der Waals surface area contributed by atoms with Crippen LogP contribution in [-0.4, -0.2) is 32.3 Å². The van der Waals surface area contributed by atoms with Crippen molar-refractivity contribution < 1.29 is 23.1 Å². The largest absolute Gasteiger partial charge is 0.433 e. The second kappa shape index (κ2) is 10.1. The number of anilines is 1. The van der Waals surface area contributed by atoms with Gasteiger partial charge in [-0.3, -0.25) is 9.48 Å². The number of benzene rings is 2. The molecule has 0 unspecified atom stereocenters. The first kappa shape index (κ1) is 25.4. The number of hydrogen-bond acceptors (Lipinski definition) is 4. The standard InChI is InChI=1S/C27H27F3N4O2/c1-4-34-23-12-11-21(16-22(23)18(3)32-34)33(26(36)25(35)20-8-6-5-7-9-20)15-14-19-10-13-24(27(28,29)30)31-17(19)2/h5-13,16,25,35H,4,14-15H2,1-3H3/t25-/m0/s1. The van der Waals surface area contributed by atoms with Crippen LogP contribution in [-0.2, 0) is 23.9 Å². The molecule has 9 heteroatoms. The molecule has 2 aromatic heterocycles. The van der Waals surface area contributed by atoms with Crippen LogP contribution < -0.4 is 4.90 Å². The van der Waals surface area contributed by atoms with Gasteiger partial charge in [-0.15, -0.1) is 0 Å². The van der Waals surface area contributed by atoms with Gasteiger partial charge in [-0.1, -0.05) is 36.4 Å². The number of carbonyl (C=O) groups excluding carboxylic acids is 1. The zero-order chi connectivity index (χ0) is 26.0. The fourth-order valence-corrected chi connectivity index (χ4v) is 4.27. The van der Waals surface area contributed by atoms with Crippen LogP contribution in [0.3, 0.4) is 0 Å². The molecule has 0 saturated heterocycles. The highest BCUT2D eigenvalue weighted by atomic mass is 19.4. The summed E-state index contributed by atoms with van der Waals surface area (Å²) < 4.78 is 41.0. The third-order valence-electron chi connectivity index (χ3n) is 6.24. The van der Waals surface area contributed by atoms with Crippen molar-refractivity contribution in [3.05, 3.63) is 88.9 Å². The number of alkyl halides is 3. The summed E-state index contributed by atoms with van der Waals surface area (Å²) in [5.41, 5.74) is 2.65. The SMILES string of the molecule is CCn1nc(C)c2cc(N(CCc3ccc(C(F)(F)F)nc3C)C(=O)[C@@H](O)c3ccccc3)ccc21. The number of rotatable bonds is 7. The maximum Gasteiger partial charge on any atom is 0.433 e. The molecule has 2 aromatic carbocycles. The summed E-state index contributed by atoms with van der Waals surface area (Å²) in [6, 6.07) is 16.5. The quantitative estimate of drug-likeness (QED) is 0.372. The van der Waals surface area contributed by atoms with Crippen LogP contribution in [0.1, 0.15) is 41.2 Å². The zero-order valence-corrected chi connectivity index (χ0v) is 20.3. The average molecular weight is 497 g/mol. The molecule has 0 fully saturated rings. The summed E-state index contributed by atoms with van der Waals surface area (Å²) in [7, 11) is 0. The van der Waals surface area contributed by atoms with Crippen molar-refractivity contribution in [3.63, 3.8) is 0 Å². The van der Waals surface area contributed by atoms with E-state index in [0.29, 0.717) is 23.4 Å². The minimum atomic E-state index is -4.53. The topological polar surface area (TPSA) is 71.2 Å².